The Kier molecular flexibility index (Phi) is 7.89. The van der Waals surface area contributed by atoms with Gasteiger partial charge >= 0.3 is 12.1 Å². The SMILES string of the molecule is C[C@H](NC(=O)c1cc(-c2ccc(C#N)cc2)cc2c1c(Sc1ccc(C(F)(F)F)cc1)cn2C1CC1)c1ccc(C(=O)O)cc1. The van der Waals surface area contributed by atoms with Gasteiger partial charge in [-0.1, -0.05) is 36.0 Å². The van der Waals surface area contributed by atoms with E-state index in [1.807, 2.05) is 31.3 Å². The maximum atomic E-state index is 14.1. The van der Waals surface area contributed by atoms with Crippen LogP contribution in [0.15, 0.2) is 101 Å². The highest BCUT2D eigenvalue weighted by Crippen LogP contribution is 2.45. The zero-order valence-corrected chi connectivity index (χ0v) is 24.7. The van der Waals surface area contributed by atoms with E-state index in [4.69, 9.17) is 0 Å². The Morgan fingerprint density at radius 1 is 0.978 bits per heavy atom. The van der Waals surface area contributed by atoms with Crippen LogP contribution in [0.2, 0.25) is 0 Å². The average molecular weight is 626 g/mol. The van der Waals surface area contributed by atoms with E-state index >= 15 is 0 Å². The molecule has 1 aliphatic carbocycles. The van der Waals surface area contributed by atoms with E-state index in [1.165, 1.54) is 36.0 Å². The van der Waals surface area contributed by atoms with Crippen molar-refractivity contribution in [3.05, 3.63) is 119 Å². The molecule has 0 saturated heterocycles. The fourth-order valence-corrected chi connectivity index (χ4v) is 6.28. The maximum absolute atomic E-state index is 14.1. The fraction of sp³-hybridized carbons (Fsp3) is 0.171. The molecule has 6 rings (SSSR count). The summed E-state index contributed by atoms with van der Waals surface area (Å²) < 4.78 is 41.7. The molecule has 1 amide bonds. The van der Waals surface area contributed by atoms with Gasteiger partial charge in [0.15, 0.2) is 0 Å². The van der Waals surface area contributed by atoms with Crippen molar-refractivity contribution in [2.45, 2.75) is 47.8 Å². The van der Waals surface area contributed by atoms with Gasteiger partial charge in [0.2, 0.25) is 0 Å². The van der Waals surface area contributed by atoms with E-state index < -0.39 is 23.8 Å². The Hall–Kier alpha value is -5.01. The number of aromatic carboxylic acids is 1. The minimum Gasteiger partial charge on any atom is -0.478 e. The Balaban J connectivity index is 1.45. The Morgan fingerprint density at radius 2 is 1.64 bits per heavy atom. The lowest BCUT2D eigenvalue weighted by Gasteiger charge is -2.17. The lowest BCUT2D eigenvalue weighted by atomic mass is 9.98. The van der Waals surface area contributed by atoms with Gasteiger partial charge in [-0.2, -0.15) is 18.4 Å². The number of nitriles is 1. The molecule has 4 aromatic carbocycles. The second kappa shape index (κ2) is 11.8. The number of nitrogens with one attached hydrogen (secondary N) is 1. The van der Waals surface area contributed by atoms with Gasteiger partial charge in [0.05, 0.1) is 39.9 Å². The summed E-state index contributed by atoms with van der Waals surface area (Å²) in [7, 11) is 0. The van der Waals surface area contributed by atoms with E-state index in [9.17, 15) is 33.1 Å². The first-order valence-corrected chi connectivity index (χ1v) is 15.0. The molecule has 0 unspecified atom stereocenters. The largest absolute Gasteiger partial charge is 0.478 e. The zero-order valence-electron chi connectivity index (χ0n) is 23.9. The van der Waals surface area contributed by atoms with Crippen molar-refractivity contribution in [2.75, 3.05) is 0 Å². The summed E-state index contributed by atoms with van der Waals surface area (Å²) in [6.07, 6.45) is -0.526. The van der Waals surface area contributed by atoms with Gasteiger partial charge in [-0.15, -0.1) is 0 Å². The second-order valence-corrected chi connectivity index (χ2v) is 12.1. The summed E-state index contributed by atoms with van der Waals surface area (Å²) in [5.74, 6) is -1.40. The molecular formula is C35H26F3N3O3S. The molecule has 1 fully saturated rings. The van der Waals surface area contributed by atoms with Gasteiger partial charge in [-0.25, -0.2) is 4.79 Å². The number of nitrogens with zero attached hydrogens (tertiary/aromatic N) is 2. The number of carbonyl (C=O) groups is 2. The minimum absolute atomic E-state index is 0.139. The number of halogens is 3. The van der Waals surface area contributed by atoms with Gasteiger partial charge < -0.3 is 15.0 Å². The van der Waals surface area contributed by atoms with Crippen LogP contribution in [0, 0.1) is 11.3 Å². The topological polar surface area (TPSA) is 95.1 Å². The quantitative estimate of drug-likeness (QED) is 0.180. The first-order chi connectivity index (χ1) is 21.5. The molecule has 45 heavy (non-hydrogen) atoms. The maximum Gasteiger partial charge on any atom is 0.416 e. The molecule has 5 aromatic rings. The average Bonchev–Trinajstić information content (AvgIpc) is 3.82. The third-order valence-electron chi connectivity index (χ3n) is 7.85. The van der Waals surface area contributed by atoms with Crippen LogP contribution in [0.3, 0.4) is 0 Å². The summed E-state index contributed by atoms with van der Waals surface area (Å²) in [6, 6.07) is 24.1. The van der Waals surface area contributed by atoms with E-state index in [0.717, 1.165) is 52.1 Å². The van der Waals surface area contributed by atoms with E-state index in [2.05, 4.69) is 16.0 Å². The number of carboxylic acid groups (broad SMARTS) is 1. The van der Waals surface area contributed by atoms with Crippen molar-refractivity contribution in [1.82, 2.24) is 9.88 Å². The lowest BCUT2D eigenvalue weighted by molar-refractivity contribution is -0.137. The highest BCUT2D eigenvalue weighted by atomic mass is 32.2. The van der Waals surface area contributed by atoms with Crippen molar-refractivity contribution < 1.29 is 27.9 Å². The molecule has 1 atom stereocenters. The molecule has 6 nitrogen and oxygen atoms in total. The van der Waals surface area contributed by atoms with E-state index in [1.54, 1.807) is 30.3 Å². The van der Waals surface area contributed by atoms with Gasteiger partial charge in [0, 0.05) is 27.4 Å². The van der Waals surface area contributed by atoms with Gasteiger partial charge in [0.25, 0.3) is 5.91 Å². The number of alkyl halides is 3. The first-order valence-electron chi connectivity index (χ1n) is 14.2. The molecule has 2 N–H and O–H groups in total. The molecule has 0 radical (unpaired) electrons. The fourth-order valence-electron chi connectivity index (χ4n) is 5.28. The third-order valence-corrected chi connectivity index (χ3v) is 8.88. The standard InChI is InChI=1S/C35H26F3N3O3S/c1-20(22-6-8-24(9-7-22)34(43)44)40-33(42)29-16-25(23-4-2-21(18-39)3-5-23)17-30-32(29)31(19-41(30)27-12-13-27)45-28-14-10-26(11-15-28)35(36,37)38/h2-11,14-17,19-20,27H,12-13H2,1H3,(H,40,42)(H,43,44)/t20-/m0/s1. The van der Waals surface area contributed by atoms with Gasteiger partial charge in [-0.3, -0.25) is 4.79 Å². The number of hydrogen-bond donors (Lipinski definition) is 2. The number of rotatable bonds is 8. The van der Waals surface area contributed by atoms with Crippen LogP contribution in [-0.2, 0) is 6.18 Å². The Bertz CT molecular complexity index is 1960. The predicted octanol–water partition coefficient (Wildman–Crippen LogP) is 8.87. The van der Waals surface area contributed by atoms with Crippen molar-refractivity contribution >= 4 is 34.5 Å². The molecule has 1 aromatic heterocycles. The van der Waals surface area contributed by atoms with Crippen molar-refractivity contribution in [3.63, 3.8) is 0 Å². The number of hydrogen-bond acceptors (Lipinski definition) is 4. The van der Waals surface area contributed by atoms with Crippen LogP contribution in [0.5, 0.6) is 0 Å². The van der Waals surface area contributed by atoms with Gasteiger partial charge in [0.1, 0.15) is 0 Å². The predicted molar refractivity (Wildman–Crippen MR) is 165 cm³/mol. The van der Waals surface area contributed by atoms with Crippen LogP contribution >= 0.6 is 11.8 Å². The number of carboxylic acids is 1. The lowest BCUT2D eigenvalue weighted by Crippen LogP contribution is -2.27. The second-order valence-electron chi connectivity index (χ2n) is 11.0. The minimum atomic E-state index is -4.44. The summed E-state index contributed by atoms with van der Waals surface area (Å²) >= 11 is 1.30. The van der Waals surface area contributed by atoms with Crippen molar-refractivity contribution in [1.29, 1.82) is 5.26 Å². The van der Waals surface area contributed by atoms with Crippen LogP contribution in [0.25, 0.3) is 22.0 Å². The molecule has 10 heteroatoms. The number of fused-ring (bicyclic) bond motifs is 1. The van der Waals surface area contributed by atoms with Crippen molar-refractivity contribution in [3.8, 4) is 17.2 Å². The van der Waals surface area contributed by atoms with Gasteiger partial charge in [-0.05, 0) is 97.1 Å². The molecule has 0 bridgehead atoms. The number of amides is 1. The number of aromatic nitrogens is 1. The monoisotopic (exact) mass is 625 g/mol. The van der Waals surface area contributed by atoms with Crippen molar-refractivity contribution in [2.24, 2.45) is 0 Å². The number of benzene rings is 4. The first kappa shape index (κ1) is 30.0. The summed E-state index contributed by atoms with van der Waals surface area (Å²) in [5, 5.41) is 22.2. The summed E-state index contributed by atoms with van der Waals surface area (Å²) in [6.45, 7) is 1.81. The molecule has 1 aliphatic rings. The van der Waals surface area contributed by atoms with E-state index in [0.29, 0.717) is 21.4 Å². The highest BCUT2D eigenvalue weighted by molar-refractivity contribution is 7.99. The molecule has 0 spiro atoms. The molecular weight excluding hydrogens is 599 g/mol. The smallest absolute Gasteiger partial charge is 0.416 e. The summed E-state index contributed by atoms with van der Waals surface area (Å²) in [4.78, 5) is 26.7. The zero-order chi connectivity index (χ0) is 31.9. The normalized spacial score (nSPS) is 13.8. The Labute approximate surface area is 261 Å². The third kappa shape index (κ3) is 6.30. The van der Waals surface area contributed by atoms with Crippen LogP contribution < -0.4 is 5.32 Å². The van der Waals surface area contributed by atoms with Crippen LogP contribution in [0.1, 0.15) is 69.3 Å². The van der Waals surface area contributed by atoms with Crippen LogP contribution in [-0.4, -0.2) is 21.6 Å². The Morgan fingerprint density at radius 3 is 2.22 bits per heavy atom. The highest BCUT2D eigenvalue weighted by Gasteiger charge is 2.31. The van der Waals surface area contributed by atoms with E-state index in [-0.39, 0.29) is 17.5 Å². The molecule has 1 heterocycles. The molecule has 0 aliphatic heterocycles. The molecule has 1 saturated carbocycles. The number of carbonyl (C=O) groups excluding carboxylic acids is 1. The summed E-state index contributed by atoms with van der Waals surface area (Å²) in [5.41, 5.74) is 3.47. The molecule has 226 valence electrons. The van der Waals surface area contributed by atoms with Crippen LogP contribution in [0.4, 0.5) is 13.2 Å².